The maximum Gasteiger partial charge on any atom is 0.114 e. The fraction of sp³-hybridized carbons (Fsp3) is 0.800. The fourth-order valence-electron chi connectivity index (χ4n) is 2.84. The van der Waals surface area contributed by atoms with Gasteiger partial charge < -0.3 is 5.32 Å². The van der Waals surface area contributed by atoms with Crippen molar-refractivity contribution in [3.63, 3.8) is 0 Å². The second-order valence-corrected chi connectivity index (χ2v) is 8.04. The average Bonchev–Trinajstić information content (AvgIpc) is 2.80. The molecule has 1 aliphatic rings. The van der Waals surface area contributed by atoms with Crippen LogP contribution < -0.4 is 5.32 Å². The minimum absolute atomic E-state index is 0.113. The van der Waals surface area contributed by atoms with E-state index in [-0.39, 0.29) is 5.54 Å². The lowest BCUT2D eigenvalue weighted by atomic mass is 9.90. The van der Waals surface area contributed by atoms with Crippen molar-refractivity contribution < 1.29 is 0 Å². The van der Waals surface area contributed by atoms with Crippen LogP contribution in [0.5, 0.6) is 0 Å². The predicted molar refractivity (Wildman–Crippen MR) is 87.4 cm³/mol. The Morgan fingerprint density at radius 3 is 2.79 bits per heavy atom. The van der Waals surface area contributed by atoms with E-state index in [1.54, 1.807) is 0 Å². The molecule has 0 aliphatic carbocycles. The molecule has 2 rings (SSSR count). The van der Waals surface area contributed by atoms with Gasteiger partial charge in [0.15, 0.2) is 0 Å². The van der Waals surface area contributed by atoms with Crippen molar-refractivity contribution in [1.82, 2.24) is 10.3 Å². The van der Waals surface area contributed by atoms with E-state index in [2.05, 4.69) is 44.8 Å². The van der Waals surface area contributed by atoms with E-state index in [4.69, 9.17) is 4.98 Å². The van der Waals surface area contributed by atoms with Gasteiger partial charge in [-0.15, -0.1) is 11.3 Å². The third-order valence-electron chi connectivity index (χ3n) is 4.08. The first-order valence-corrected chi connectivity index (χ1v) is 9.34. The lowest BCUT2D eigenvalue weighted by Gasteiger charge is -2.41. The number of aryl methyl sites for hydroxylation is 2. The SMILES string of the molecule is CCCNC1(c2nc(CC)c(C)s2)CCCSC1C. The summed E-state index contributed by atoms with van der Waals surface area (Å²) in [6.07, 6.45) is 4.76. The summed E-state index contributed by atoms with van der Waals surface area (Å²) in [7, 11) is 0. The van der Waals surface area contributed by atoms with Gasteiger partial charge in [-0.05, 0) is 44.9 Å². The van der Waals surface area contributed by atoms with Gasteiger partial charge in [0.25, 0.3) is 0 Å². The van der Waals surface area contributed by atoms with E-state index in [0.29, 0.717) is 5.25 Å². The topological polar surface area (TPSA) is 24.9 Å². The summed E-state index contributed by atoms with van der Waals surface area (Å²) in [5.74, 6) is 1.29. The van der Waals surface area contributed by atoms with Crippen molar-refractivity contribution >= 4 is 23.1 Å². The number of rotatable bonds is 5. The number of hydrogen-bond donors (Lipinski definition) is 1. The zero-order chi connectivity index (χ0) is 13.9. The molecular formula is C15H26N2S2. The van der Waals surface area contributed by atoms with Gasteiger partial charge in [0, 0.05) is 10.1 Å². The van der Waals surface area contributed by atoms with Crippen molar-refractivity contribution in [3.8, 4) is 0 Å². The van der Waals surface area contributed by atoms with Gasteiger partial charge in [0.2, 0.25) is 0 Å². The summed E-state index contributed by atoms with van der Waals surface area (Å²) in [5.41, 5.74) is 1.40. The Kier molecular flexibility index (Phi) is 5.32. The van der Waals surface area contributed by atoms with Gasteiger partial charge in [-0.2, -0.15) is 11.8 Å². The quantitative estimate of drug-likeness (QED) is 0.885. The van der Waals surface area contributed by atoms with Crippen LogP contribution >= 0.6 is 23.1 Å². The van der Waals surface area contributed by atoms with Crippen LogP contribution in [0.4, 0.5) is 0 Å². The highest BCUT2D eigenvalue weighted by molar-refractivity contribution is 8.00. The zero-order valence-electron chi connectivity index (χ0n) is 12.6. The third kappa shape index (κ3) is 3.01. The summed E-state index contributed by atoms with van der Waals surface area (Å²) < 4.78 is 0. The first-order valence-electron chi connectivity index (χ1n) is 7.47. The molecular weight excluding hydrogens is 272 g/mol. The van der Waals surface area contributed by atoms with Crippen LogP contribution in [0.1, 0.15) is 55.6 Å². The highest BCUT2D eigenvalue weighted by atomic mass is 32.2. The molecule has 1 saturated heterocycles. The summed E-state index contributed by atoms with van der Waals surface area (Å²) in [6, 6.07) is 0. The molecule has 1 N–H and O–H groups in total. The summed E-state index contributed by atoms with van der Waals surface area (Å²) in [5, 5.41) is 5.79. The maximum absolute atomic E-state index is 4.97. The molecule has 4 heteroatoms. The second kappa shape index (κ2) is 6.59. The minimum atomic E-state index is 0.113. The van der Waals surface area contributed by atoms with Crippen LogP contribution in [0.25, 0.3) is 0 Å². The van der Waals surface area contributed by atoms with Crippen LogP contribution in [0.3, 0.4) is 0 Å². The summed E-state index contributed by atoms with van der Waals surface area (Å²) >= 11 is 4.01. The molecule has 0 bridgehead atoms. The average molecular weight is 299 g/mol. The minimum Gasteiger partial charge on any atom is -0.305 e. The molecule has 2 nitrogen and oxygen atoms in total. The Bertz CT molecular complexity index is 416. The van der Waals surface area contributed by atoms with Crippen LogP contribution in [0, 0.1) is 6.92 Å². The molecule has 0 amide bonds. The van der Waals surface area contributed by atoms with Crippen LogP contribution in [-0.4, -0.2) is 22.5 Å². The second-order valence-electron chi connectivity index (χ2n) is 5.39. The summed E-state index contributed by atoms with van der Waals surface area (Å²) in [6.45, 7) is 10.1. The van der Waals surface area contributed by atoms with Crippen LogP contribution in [0.2, 0.25) is 0 Å². The standard InChI is InChI=1S/C15H26N2S2/c1-5-9-16-15(8-7-10-18-12(15)4)14-17-13(6-2)11(3)19-14/h12,16H,5-10H2,1-4H3. The van der Waals surface area contributed by atoms with E-state index < -0.39 is 0 Å². The van der Waals surface area contributed by atoms with Gasteiger partial charge in [-0.3, -0.25) is 0 Å². The van der Waals surface area contributed by atoms with Crippen molar-refractivity contribution in [3.05, 3.63) is 15.6 Å². The van der Waals surface area contributed by atoms with Crippen molar-refractivity contribution in [2.75, 3.05) is 12.3 Å². The van der Waals surface area contributed by atoms with Gasteiger partial charge in [-0.1, -0.05) is 20.8 Å². The maximum atomic E-state index is 4.97. The molecule has 0 saturated carbocycles. The molecule has 2 heterocycles. The Hall–Kier alpha value is -0.0600. The molecule has 1 fully saturated rings. The zero-order valence-corrected chi connectivity index (χ0v) is 14.2. The molecule has 1 aromatic rings. The molecule has 0 radical (unpaired) electrons. The molecule has 0 aromatic carbocycles. The largest absolute Gasteiger partial charge is 0.305 e. The fourth-order valence-corrected chi connectivity index (χ4v) is 5.46. The third-order valence-corrected chi connectivity index (χ3v) is 6.69. The Balaban J connectivity index is 2.34. The predicted octanol–water partition coefficient (Wildman–Crippen LogP) is 4.12. The molecule has 1 aromatic heterocycles. The van der Waals surface area contributed by atoms with Gasteiger partial charge in [-0.25, -0.2) is 4.98 Å². The van der Waals surface area contributed by atoms with Gasteiger partial charge in [0.1, 0.15) is 5.01 Å². The Labute approximate surface area is 125 Å². The number of aromatic nitrogens is 1. The Morgan fingerprint density at radius 2 is 2.21 bits per heavy atom. The molecule has 108 valence electrons. The molecule has 1 aliphatic heterocycles. The summed E-state index contributed by atoms with van der Waals surface area (Å²) in [4.78, 5) is 6.37. The number of nitrogens with zero attached hydrogens (tertiary/aromatic N) is 1. The van der Waals surface area contributed by atoms with Crippen LogP contribution in [0.15, 0.2) is 0 Å². The Morgan fingerprint density at radius 1 is 1.42 bits per heavy atom. The van der Waals surface area contributed by atoms with E-state index in [1.165, 1.54) is 40.6 Å². The van der Waals surface area contributed by atoms with Crippen molar-refractivity contribution in [1.29, 1.82) is 0 Å². The first kappa shape index (κ1) is 15.3. The molecule has 19 heavy (non-hydrogen) atoms. The van der Waals surface area contributed by atoms with Crippen molar-refractivity contribution in [2.24, 2.45) is 0 Å². The lowest BCUT2D eigenvalue weighted by molar-refractivity contribution is 0.295. The molecule has 0 spiro atoms. The monoisotopic (exact) mass is 298 g/mol. The first-order chi connectivity index (χ1) is 9.14. The molecule has 2 unspecified atom stereocenters. The highest BCUT2D eigenvalue weighted by Gasteiger charge is 2.42. The normalized spacial score (nSPS) is 27.7. The van der Waals surface area contributed by atoms with E-state index in [1.807, 2.05) is 11.3 Å². The van der Waals surface area contributed by atoms with E-state index in [0.717, 1.165) is 13.0 Å². The number of nitrogens with one attached hydrogen (secondary N) is 1. The lowest BCUT2D eigenvalue weighted by Crippen LogP contribution is -2.51. The number of hydrogen-bond acceptors (Lipinski definition) is 4. The van der Waals surface area contributed by atoms with Crippen molar-refractivity contribution in [2.45, 2.75) is 64.2 Å². The number of thioether (sulfide) groups is 1. The van der Waals surface area contributed by atoms with E-state index >= 15 is 0 Å². The number of thiazole rings is 1. The van der Waals surface area contributed by atoms with Crippen LogP contribution in [-0.2, 0) is 12.0 Å². The van der Waals surface area contributed by atoms with E-state index in [9.17, 15) is 0 Å². The highest BCUT2D eigenvalue weighted by Crippen LogP contribution is 2.43. The van der Waals surface area contributed by atoms with Gasteiger partial charge in [0.05, 0.1) is 11.2 Å². The van der Waals surface area contributed by atoms with Gasteiger partial charge >= 0.3 is 0 Å². The molecule has 2 atom stereocenters. The smallest absolute Gasteiger partial charge is 0.114 e.